The molecule has 13 heterocycles. The van der Waals surface area contributed by atoms with E-state index in [1.165, 1.54) is 39.2 Å². The molecule has 0 bridgehead atoms. The number of anilines is 10. The molecule has 0 spiro atoms. The van der Waals surface area contributed by atoms with Crippen molar-refractivity contribution in [2.24, 2.45) is 0 Å². The highest BCUT2D eigenvalue weighted by Crippen LogP contribution is 2.37. The Morgan fingerprint density at radius 2 is 0.839 bits per heavy atom. The molecular formula is C88H96N24O12. The van der Waals surface area contributed by atoms with Gasteiger partial charge in [0.05, 0.1) is 70.1 Å². The van der Waals surface area contributed by atoms with E-state index < -0.39 is 18.4 Å². The summed E-state index contributed by atoms with van der Waals surface area (Å²) in [5.74, 6) is 0.927. The lowest BCUT2D eigenvalue weighted by Gasteiger charge is -2.34. The normalized spacial score (nSPS) is 14.3. The van der Waals surface area contributed by atoms with Crippen LogP contribution in [0.2, 0.25) is 0 Å². The number of Topliss-reactive ketones (excluding diaryl/α,β-unsaturated/α-hetero) is 4. The van der Waals surface area contributed by atoms with Crippen LogP contribution in [0, 0.1) is 20.8 Å². The number of ketones is 4. The molecule has 3 aliphatic carbocycles. The maximum absolute atomic E-state index is 13.5. The average Bonchev–Trinajstić information content (AvgIpc) is 1.08. The first-order valence-electron chi connectivity index (χ1n) is 41.2. The molecule has 0 radical (unpaired) electrons. The summed E-state index contributed by atoms with van der Waals surface area (Å²) in [5.41, 5.74) is 11.4. The van der Waals surface area contributed by atoms with Gasteiger partial charge in [0.25, 0.3) is 28.5 Å². The molecule has 1 saturated heterocycles. The predicted octanol–water partition coefficient (Wildman–Crippen LogP) is 11.6. The molecule has 1 aliphatic heterocycles. The first-order valence-corrected chi connectivity index (χ1v) is 41.2. The standard InChI is InChI=1S/C32H36N8O4.2C28H30N8O4/c1-19-25-17-35-32(38-30(25)40(23-5-3-4-6-23)31(44)29(19)20(2)42)37-28-10-8-24(16-34-28)39-13-11-22(12-14-39)36-27-9-7-21(15-33-27)26(43)18-41;1-16-21-14-31-28(33-25(21)36(19-6-4-5-7-19)27(39)24(16)17(2)37)32-23-11-9-20(13-30-23)35(3)15-18-8-10-22(29-12-18)26(38)34-40;1-16-22-14-31-28(33-25(22)36(20-6-4-5-7-20)27(39)24(16)17(2)37)32-23-11-10-21(13-30-23)35(3)15-19-9-8-18(12-29-19)26(38)34-40/h7-10,15-17,22-23,41H,3-6,11-14,18H2,1-2H3,(H,33,36)(H,34,35,37,38);8-14,19,40H,4-7,15H2,1-3H3,(H,34,38)(H,30,31,32,33);8-14,20,40H,4-7,15H2,1-3H3,(H,34,38)(H,30,31,32,33). The van der Waals surface area contributed by atoms with Gasteiger partial charge in [-0.2, -0.15) is 15.0 Å². The Balaban J connectivity index is 0.000000152. The summed E-state index contributed by atoms with van der Waals surface area (Å²) in [6, 6.07) is 21.6. The van der Waals surface area contributed by atoms with E-state index >= 15 is 0 Å². The number of rotatable bonds is 25. The third kappa shape index (κ3) is 19.1. The maximum atomic E-state index is 13.5. The van der Waals surface area contributed by atoms with Crippen LogP contribution in [0.1, 0.15) is 219 Å². The van der Waals surface area contributed by atoms with Crippen LogP contribution in [-0.4, -0.2) is 164 Å². The van der Waals surface area contributed by atoms with Crippen LogP contribution in [0.15, 0.2) is 143 Å². The smallest absolute Gasteiger partial charge is 0.293 e. The zero-order chi connectivity index (χ0) is 87.6. The Labute approximate surface area is 711 Å². The van der Waals surface area contributed by atoms with Gasteiger partial charge >= 0.3 is 0 Å². The molecule has 36 nitrogen and oxygen atoms in total. The van der Waals surface area contributed by atoms with Gasteiger partial charge in [0.2, 0.25) is 17.8 Å². The van der Waals surface area contributed by atoms with Gasteiger partial charge < -0.3 is 41.1 Å². The maximum Gasteiger partial charge on any atom is 0.293 e. The topological polar surface area (TPSA) is 466 Å². The fourth-order valence-corrected chi connectivity index (χ4v) is 16.6. The van der Waals surface area contributed by atoms with Crippen molar-refractivity contribution in [2.45, 2.75) is 169 Å². The molecular weight excluding hydrogens is 1590 g/mol. The van der Waals surface area contributed by atoms with Crippen LogP contribution < -0.4 is 63.6 Å². The van der Waals surface area contributed by atoms with Crippen LogP contribution in [0.3, 0.4) is 0 Å². The summed E-state index contributed by atoms with van der Waals surface area (Å²) >= 11 is 0. The number of nitrogens with one attached hydrogen (secondary N) is 6. The van der Waals surface area contributed by atoms with Crippen LogP contribution in [0.25, 0.3) is 33.1 Å². The third-order valence-electron chi connectivity index (χ3n) is 23.2. The fraction of sp³-hybridized carbons (Fsp3) is 0.352. The number of aliphatic hydroxyl groups excluding tert-OH is 1. The highest BCUT2D eigenvalue weighted by Gasteiger charge is 2.31. The van der Waals surface area contributed by atoms with Gasteiger partial charge in [-0.25, -0.2) is 45.8 Å². The van der Waals surface area contributed by atoms with Crippen molar-refractivity contribution < 1.29 is 44.3 Å². The zero-order valence-corrected chi connectivity index (χ0v) is 69.9. The van der Waals surface area contributed by atoms with Crippen molar-refractivity contribution in [3.8, 4) is 0 Å². The van der Waals surface area contributed by atoms with E-state index in [1.54, 1.807) is 125 Å². The second kappa shape index (κ2) is 38.3. The molecule has 124 heavy (non-hydrogen) atoms. The Morgan fingerprint density at radius 1 is 0.427 bits per heavy atom. The van der Waals surface area contributed by atoms with E-state index in [0.29, 0.717) is 110 Å². The van der Waals surface area contributed by atoms with Crippen LogP contribution >= 0.6 is 0 Å². The van der Waals surface area contributed by atoms with Crippen molar-refractivity contribution in [3.05, 3.63) is 221 Å². The molecule has 640 valence electrons. The number of aliphatic hydroxyl groups is 1. The lowest BCUT2D eigenvalue weighted by Crippen LogP contribution is -2.39. The largest absolute Gasteiger partial charge is 0.388 e. The quantitative estimate of drug-likeness (QED) is 0.0146. The van der Waals surface area contributed by atoms with Crippen molar-refractivity contribution in [2.75, 3.05) is 69.8 Å². The predicted molar refractivity (Wildman–Crippen MR) is 466 cm³/mol. The molecule has 0 unspecified atom stereocenters. The van der Waals surface area contributed by atoms with Crippen molar-refractivity contribution in [1.29, 1.82) is 0 Å². The molecule has 36 heteroatoms. The number of pyridine rings is 9. The molecule has 3 saturated carbocycles. The number of piperidine rings is 1. The van der Waals surface area contributed by atoms with Gasteiger partial charge in [0.15, 0.2) is 23.1 Å². The first kappa shape index (κ1) is 86.3. The van der Waals surface area contributed by atoms with Gasteiger partial charge in [-0.3, -0.25) is 77.2 Å². The summed E-state index contributed by atoms with van der Waals surface area (Å²) in [5, 5.41) is 41.4. The van der Waals surface area contributed by atoms with E-state index in [-0.39, 0.29) is 91.9 Å². The number of hydroxylamine groups is 2. The van der Waals surface area contributed by atoms with Gasteiger partial charge in [-0.1, -0.05) is 44.6 Å². The second-order valence-corrected chi connectivity index (χ2v) is 31.5. The van der Waals surface area contributed by atoms with Crippen molar-refractivity contribution >= 4 is 126 Å². The Morgan fingerprint density at radius 3 is 1.20 bits per heavy atom. The molecule has 16 rings (SSSR count). The summed E-state index contributed by atoms with van der Waals surface area (Å²) in [6.45, 7) is 11.8. The number of hydrogen-bond acceptors (Lipinski definition) is 31. The molecule has 0 atom stereocenters. The molecule has 4 aliphatic rings. The minimum absolute atomic E-state index is 0.00178. The van der Waals surface area contributed by atoms with E-state index in [9.17, 15) is 43.2 Å². The second-order valence-electron chi connectivity index (χ2n) is 31.5. The van der Waals surface area contributed by atoms with Crippen LogP contribution in [-0.2, 0) is 13.1 Å². The van der Waals surface area contributed by atoms with Gasteiger partial charge in [0.1, 0.15) is 52.5 Å². The Bertz CT molecular complexity index is 5940. The summed E-state index contributed by atoms with van der Waals surface area (Å²) in [7, 11) is 3.80. The van der Waals surface area contributed by atoms with Gasteiger partial charge in [0, 0.05) is 117 Å². The first-order chi connectivity index (χ1) is 59.8. The minimum Gasteiger partial charge on any atom is -0.388 e. The minimum atomic E-state index is -0.666. The third-order valence-corrected chi connectivity index (χ3v) is 23.2. The Kier molecular flexibility index (Phi) is 26.6. The van der Waals surface area contributed by atoms with E-state index in [0.717, 1.165) is 131 Å². The van der Waals surface area contributed by atoms with Crippen LogP contribution in [0.4, 0.5) is 58.2 Å². The van der Waals surface area contributed by atoms with Crippen molar-refractivity contribution in [3.63, 3.8) is 0 Å². The monoisotopic (exact) mass is 1680 g/mol. The van der Waals surface area contributed by atoms with Crippen LogP contribution in [0.5, 0.6) is 0 Å². The number of aryl methyl sites for hydroxylation is 3. The van der Waals surface area contributed by atoms with E-state index in [4.69, 9.17) is 30.5 Å². The summed E-state index contributed by atoms with van der Waals surface area (Å²) in [4.78, 5) is 172. The number of fused-ring (bicyclic) bond motifs is 3. The number of carbonyl (C=O) groups excluding carboxylic acids is 6. The molecule has 4 fully saturated rings. The number of aromatic nitrogens is 15. The van der Waals surface area contributed by atoms with E-state index in [2.05, 4.69) is 71.0 Å². The van der Waals surface area contributed by atoms with E-state index in [1.807, 2.05) is 54.4 Å². The van der Waals surface area contributed by atoms with Crippen molar-refractivity contribution in [1.82, 2.24) is 84.5 Å². The summed E-state index contributed by atoms with van der Waals surface area (Å²) in [6.07, 6.45) is 28.0. The molecule has 12 aromatic rings. The summed E-state index contributed by atoms with van der Waals surface area (Å²) < 4.78 is 5.07. The molecule has 2 amide bonds. The number of amides is 2. The fourth-order valence-electron chi connectivity index (χ4n) is 16.6. The van der Waals surface area contributed by atoms with Gasteiger partial charge in [-0.05, 0) is 182 Å². The Hall–Kier alpha value is -14.1. The van der Waals surface area contributed by atoms with Gasteiger partial charge in [-0.15, -0.1) is 0 Å². The molecule has 9 N–H and O–H groups in total. The average molecular weight is 1680 g/mol. The zero-order valence-electron chi connectivity index (χ0n) is 69.9. The SMILES string of the molecule is CC(=O)c1c(C)c2cnc(Nc3ccc(N(C)Cc4ccc(C(=O)NO)cn4)cn3)nc2n(C2CCCC2)c1=O.CC(=O)c1c(C)c2cnc(Nc3ccc(N(C)Cc4ccc(C(=O)NO)nc4)cn3)nc2n(C2CCCC2)c1=O.CC(=O)c1c(C)c2cnc(Nc3ccc(N4CCC(Nc5ccc(C(=O)CO)cn5)CC4)cn3)nc2n(C2CCCC2)c1=O. The lowest BCUT2D eigenvalue weighted by atomic mass is 10.0. The highest BCUT2D eigenvalue weighted by atomic mass is 16.5. The number of carbonyl (C=O) groups is 6. The molecule has 0 aromatic carbocycles. The number of nitrogens with zero attached hydrogens (tertiary/aromatic N) is 18. The lowest BCUT2D eigenvalue weighted by molar-refractivity contribution is 0.0698. The molecule has 12 aromatic heterocycles. The highest BCUT2D eigenvalue weighted by molar-refractivity contribution is 6.02. The number of hydrogen-bond donors (Lipinski definition) is 9.